The van der Waals surface area contributed by atoms with E-state index in [1.807, 2.05) is 39.1 Å². The van der Waals surface area contributed by atoms with Gasteiger partial charge in [0.1, 0.15) is 32.9 Å². The summed E-state index contributed by atoms with van der Waals surface area (Å²) >= 11 is 0. The van der Waals surface area contributed by atoms with E-state index < -0.39 is 41.8 Å². The average Bonchev–Trinajstić information content (AvgIpc) is 2.47. The smallest absolute Gasteiger partial charge is 0.292 e. The highest BCUT2D eigenvalue weighted by Gasteiger charge is 2.54. The van der Waals surface area contributed by atoms with Crippen LogP contribution in [-0.2, 0) is 9.05 Å². The third kappa shape index (κ3) is 7.09. The third-order valence-corrected chi connectivity index (χ3v) is 19.9. The highest BCUT2D eigenvalue weighted by molar-refractivity contribution is 6.91. The van der Waals surface area contributed by atoms with Gasteiger partial charge in [0.15, 0.2) is 0 Å². The molecule has 0 bridgehead atoms. The van der Waals surface area contributed by atoms with Crippen molar-refractivity contribution in [1.82, 2.24) is 8.79 Å². The van der Waals surface area contributed by atoms with Crippen molar-refractivity contribution in [3.05, 3.63) is 30.3 Å². The van der Waals surface area contributed by atoms with Gasteiger partial charge in [-0.05, 0) is 0 Å². The van der Waals surface area contributed by atoms with E-state index in [4.69, 9.17) is 9.05 Å². The Kier molecular flexibility index (Phi) is 8.09. The molecule has 0 aliphatic rings. The van der Waals surface area contributed by atoms with Crippen LogP contribution in [0.2, 0.25) is 78.6 Å². The summed E-state index contributed by atoms with van der Waals surface area (Å²) in [5.74, 6) is 0. The van der Waals surface area contributed by atoms with Gasteiger partial charge in [0.2, 0.25) is 0 Å². The molecule has 162 valence electrons. The zero-order valence-electron chi connectivity index (χ0n) is 20.0. The molecule has 1 aromatic carbocycles. The molecule has 0 aliphatic carbocycles. The molecule has 0 aromatic heterocycles. The largest absolute Gasteiger partial charge is 0.607 e. The summed E-state index contributed by atoms with van der Waals surface area (Å²) < 4.78 is 33.7. The Morgan fingerprint density at radius 1 is 0.571 bits per heavy atom. The van der Waals surface area contributed by atoms with Crippen molar-refractivity contribution in [3.63, 3.8) is 0 Å². The Hall–Kier alpha value is 0.0744. The minimum atomic E-state index is -4.20. The Morgan fingerprint density at radius 3 is 1.11 bits per heavy atom. The van der Waals surface area contributed by atoms with Crippen LogP contribution < -0.4 is 5.19 Å². The van der Waals surface area contributed by atoms with Gasteiger partial charge in [0, 0.05) is 5.19 Å². The van der Waals surface area contributed by atoms with Crippen LogP contribution in [0.4, 0.5) is 4.11 Å². The molecule has 0 unspecified atom stereocenters. The fourth-order valence-corrected chi connectivity index (χ4v) is 26.7. The van der Waals surface area contributed by atoms with Crippen LogP contribution in [0.3, 0.4) is 0 Å². The number of halogens is 1. The fourth-order valence-electron chi connectivity index (χ4n) is 3.55. The zero-order valence-corrected chi connectivity index (χ0v) is 25.0. The average molecular weight is 477 g/mol. The van der Waals surface area contributed by atoms with Crippen LogP contribution in [0.1, 0.15) is 0 Å². The Morgan fingerprint density at radius 2 is 0.857 bits per heavy atom. The molecule has 1 aromatic rings. The molecule has 0 fully saturated rings. The molecule has 0 N–H and O–H groups in total. The van der Waals surface area contributed by atoms with Gasteiger partial charge >= 0.3 is 8.89 Å². The second kappa shape index (κ2) is 8.67. The Bertz CT molecular complexity index is 575. The summed E-state index contributed by atoms with van der Waals surface area (Å²) in [4.78, 5) is 0. The normalized spacial score (nSPS) is 14.8. The standard InChI is InChI=1S/C18H41FN2O2Si5/c1-24(2,3)20(25(4,5)6)22-28(19,18-16-14-13-15-17-18)23-21(26(7,8)9)27(10,11)12/h13-17H,1-12H3. The lowest BCUT2D eigenvalue weighted by molar-refractivity contribution is -0.0352. The van der Waals surface area contributed by atoms with E-state index in [9.17, 15) is 0 Å². The van der Waals surface area contributed by atoms with Gasteiger partial charge in [-0.15, -0.1) is 0 Å². The van der Waals surface area contributed by atoms with E-state index in [-0.39, 0.29) is 0 Å². The highest BCUT2D eigenvalue weighted by Crippen LogP contribution is 2.29. The van der Waals surface area contributed by atoms with Crippen molar-refractivity contribution in [2.24, 2.45) is 0 Å². The molecule has 4 nitrogen and oxygen atoms in total. The Labute approximate surface area is 177 Å². The Balaban J connectivity index is 3.51. The van der Waals surface area contributed by atoms with E-state index in [0.29, 0.717) is 5.19 Å². The number of nitrogens with zero attached hydrogens (tertiary/aromatic N) is 2. The molecule has 10 heteroatoms. The van der Waals surface area contributed by atoms with Crippen LogP contribution in [0, 0.1) is 0 Å². The van der Waals surface area contributed by atoms with Gasteiger partial charge in [-0.1, -0.05) is 109 Å². The molecule has 0 aliphatic heterocycles. The first-order chi connectivity index (χ1) is 12.3. The number of hydrogen-bond acceptors (Lipinski definition) is 4. The number of rotatable bonds is 9. The summed E-state index contributed by atoms with van der Waals surface area (Å²) in [6, 6.07) is 9.26. The van der Waals surface area contributed by atoms with E-state index in [2.05, 4.69) is 78.6 Å². The van der Waals surface area contributed by atoms with Crippen molar-refractivity contribution in [2.45, 2.75) is 78.6 Å². The minimum absolute atomic E-state index is 0.540. The molecular weight excluding hydrogens is 436 g/mol. The van der Waals surface area contributed by atoms with Crippen molar-refractivity contribution in [2.75, 3.05) is 0 Å². The van der Waals surface area contributed by atoms with Crippen LogP contribution in [-0.4, -0.2) is 50.6 Å². The summed E-state index contributed by atoms with van der Waals surface area (Å²) in [7, 11) is -11.9. The maximum absolute atomic E-state index is 16.8. The molecule has 0 atom stereocenters. The van der Waals surface area contributed by atoms with E-state index in [1.165, 1.54) is 0 Å². The van der Waals surface area contributed by atoms with Gasteiger partial charge in [0.25, 0.3) is 0 Å². The van der Waals surface area contributed by atoms with Gasteiger partial charge < -0.3 is 0 Å². The predicted molar refractivity (Wildman–Crippen MR) is 132 cm³/mol. The quantitative estimate of drug-likeness (QED) is 0.263. The third-order valence-electron chi connectivity index (χ3n) is 3.97. The first kappa shape index (κ1) is 26.1. The number of benzene rings is 1. The maximum Gasteiger partial charge on any atom is 0.607 e. The van der Waals surface area contributed by atoms with Crippen molar-refractivity contribution in [3.8, 4) is 0 Å². The summed E-state index contributed by atoms with van der Waals surface area (Å²) in [6.07, 6.45) is 0. The van der Waals surface area contributed by atoms with Gasteiger partial charge in [-0.2, -0.15) is 0 Å². The van der Waals surface area contributed by atoms with Crippen LogP contribution in [0.25, 0.3) is 0 Å². The molecule has 0 amide bonds. The fraction of sp³-hybridized carbons (Fsp3) is 0.667. The van der Waals surface area contributed by atoms with Crippen LogP contribution in [0.5, 0.6) is 0 Å². The van der Waals surface area contributed by atoms with Crippen LogP contribution in [0.15, 0.2) is 30.3 Å². The lowest BCUT2D eigenvalue weighted by atomic mass is 10.4. The second-order valence-electron chi connectivity index (χ2n) is 11.4. The summed E-state index contributed by atoms with van der Waals surface area (Å²) in [5, 5.41) is 0.540. The highest BCUT2D eigenvalue weighted by atomic mass is 28.4. The molecule has 1 rings (SSSR count). The van der Waals surface area contributed by atoms with E-state index in [1.54, 1.807) is 0 Å². The molecule has 0 heterocycles. The zero-order chi connectivity index (χ0) is 22.2. The second-order valence-corrected chi connectivity index (χ2v) is 33.3. The molecule has 0 saturated carbocycles. The van der Waals surface area contributed by atoms with Gasteiger partial charge in [-0.25, -0.2) is 12.9 Å². The number of hydrogen-bond donors (Lipinski definition) is 0. The van der Waals surface area contributed by atoms with Gasteiger partial charge in [0.05, 0.1) is 0 Å². The topological polar surface area (TPSA) is 24.9 Å². The van der Waals surface area contributed by atoms with E-state index in [0.717, 1.165) is 0 Å². The first-order valence-corrected chi connectivity index (χ1v) is 25.5. The van der Waals surface area contributed by atoms with E-state index >= 15 is 4.11 Å². The molecular formula is C18H41FN2O2Si5. The molecule has 0 radical (unpaired) electrons. The SMILES string of the molecule is C[Si](C)(C)N(O[Si](F)(ON([Si](C)(C)C)[Si](C)(C)C)c1ccccc1)[Si](C)(C)C. The molecule has 0 spiro atoms. The minimum Gasteiger partial charge on any atom is -0.292 e. The summed E-state index contributed by atoms with van der Waals surface area (Å²) in [6.45, 7) is 26.5. The van der Waals surface area contributed by atoms with Crippen molar-refractivity contribution < 1.29 is 13.2 Å². The van der Waals surface area contributed by atoms with Crippen molar-refractivity contribution >= 4 is 47.0 Å². The van der Waals surface area contributed by atoms with Gasteiger partial charge in [-0.3, -0.25) is 9.05 Å². The first-order valence-electron chi connectivity index (χ1n) is 10.0. The lowest BCUT2D eigenvalue weighted by Crippen LogP contribution is -2.70. The maximum atomic E-state index is 16.8. The van der Waals surface area contributed by atoms with Crippen LogP contribution >= 0.6 is 0 Å². The summed E-state index contributed by atoms with van der Waals surface area (Å²) in [5.41, 5.74) is 0. The molecule has 28 heavy (non-hydrogen) atoms. The lowest BCUT2D eigenvalue weighted by Gasteiger charge is -2.48. The predicted octanol–water partition coefficient (Wildman–Crippen LogP) is 5.61. The molecule has 0 saturated heterocycles. The van der Waals surface area contributed by atoms with Crippen molar-refractivity contribution in [1.29, 1.82) is 0 Å². The monoisotopic (exact) mass is 476 g/mol.